The maximum Gasteiger partial charge on any atom is 0.258 e. The van der Waals surface area contributed by atoms with Crippen LogP contribution in [0, 0.1) is 5.82 Å². The second-order valence-electron chi connectivity index (χ2n) is 8.28. The minimum absolute atomic E-state index is 0.0355. The molecule has 0 aliphatic carbocycles. The van der Waals surface area contributed by atoms with Gasteiger partial charge in [-0.2, -0.15) is 0 Å². The van der Waals surface area contributed by atoms with E-state index >= 15 is 0 Å². The number of rotatable bonds is 5. The van der Waals surface area contributed by atoms with Crippen molar-refractivity contribution in [3.63, 3.8) is 0 Å². The Labute approximate surface area is 203 Å². The van der Waals surface area contributed by atoms with Crippen LogP contribution in [0.25, 0.3) is 0 Å². The first-order valence-corrected chi connectivity index (χ1v) is 11.6. The molecule has 0 bridgehead atoms. The van der Waals surface area contributed by atoms with Gasteiger partial charge in [-0.15, -0.1) is 0 Å². The average Bonchev–Trinajstić information content (AvgIpc) is 2.84. The predicted molar refractivity (Wildman–Crippen MR) is 133 cm³/mol. The summed E-state index contributed by atoms with van der Waals surface area (Å²) >= 11 is 6.03. The van der Waals surface area contributed by atoms with E-state index < -0.39 is 11.7 Å². The van der Waals surface area contributed by atoms with Crippen LogP contribution in [0.4, 0.5) is 15.8 Å². The van der Waals surface area contributed by atoms with E-state index in [1.807, 2.05) is 50.2 Å². The lowest BCUT2D eigenvalue weighted by Gasteiger charge is -2.40. The lowest BCUT2D eigenvalue weighted by Crippen LogP contribution is -2.46. The lowest BCUT2D eigenvalue weighted by molar-refractivity contribution is -0.120. The second kappa shape index (κ2) is 9.85. The predicted octanol–water partition coefficient (Wildman–Crippen LogP) is 6.06. The van der Waals surface area contributed by atoms with Gasteiger partial charge < -0.3 is 14.5 Å². The average molecular weight is 481 g/mol. The number of benzene rings is 3. The van der Waals surface area contributed by atoms with Gasteiger partial charge in [0.15, 0.2) is 11.6 Å². The van der Waals surface area contributed by atoms with Gasteiger partial charge in [0.1, 0.15) is 0 Å². The number of likely N-dealkylation sites (N-methyl/N-ethyl adjacent to an activating group) is 1. The first-order chi connectivity index (χ1) is 16.3. The molecule has 2 unspecified atom stereocenters. The highest BCUT2D eigenvalue weighted by Gasteiger charge is 2.39. The van der Waals surface area contributed by atoms with Crippen molar-refractivity contribution in [2.24, 2.45) is 0 Å². The van der Waals surface area contributed by atoms with Crippen molar-refractivity contribution < 1.29 is 18.7 Å². The normalized spacial score (nSPS) is 17.1. The maximum atomic E-state index is 14.3. The van der Waals surface area contributed by atoms with Crippen LogP contribution < -0.4 is 14.5 Å². The van der Waals surface area contributed by atoms with E-state index in [9.17, 15) is 14.0 Å². The van der Waals surface area contributed by atoms with E-state index in [1.165, 1.54) is 19.2 Å². The number of halogens is 2. The first-order valence-electron chi connectivity index (χ1n) is 11.2. The quantitative estimate of drug-likeness (QED) is 0.445. The maximum absolute atomic E-state index is 14.3. The Morgan fingerprint density at radius 1 is 1.12 bits per heavy atom. The number of fused-ring (bicyclic) bond motifs is 1. The summed E-state index contributed by atoms with van der Waals surface area (Å²) in [5.74, 6) is -1.29. The summed E-state index contributed by atoms with van der Waals surface area (Å²) in [7, 11) is 1.38. The molecule has 5 nitrogen and oxygen atoms in total. The van der Waals surface area contributed by atoms with E-state index in [4.69, 9.17) is 16.3 Å². The molecule has 3 aromatic carbocycles. The van der Waals surface area contributed by atoms with Crippen molar-refractivity contribution >= 4 is 34.8 Å². The molecule has 0 saturated carbocycles. The second-order valence-corrected chi connectivity index (χ2v) is 8.72. The fourth-order valence-corrected chi connectivity index (χ4v) is 4.70. The third-order valence-electron chi connectivity index (χ3n) is 6.23. The number of ether oxygens (including phenoxy) is 1. The minimum atomic E-state index is -0.596. The number of hydrogen-bond donors (Lipinski definition) is 0. The Kier molecular flexibility index (Phi) is 6.89. The number of hydrogen-bond acceptors (Lipinski definition) is 3. The molecule has 1 heterocycles. The van der Waals surface area contributed by atoms with Crippen molar-refractivity contribution in [2.45, 2.75) is 32.2 Å². The van der Waals surface area contributed by atoms with E-state index in [0.717, 1.165) is 11.3 Å². The summed E-state index contributed by atoms with van der Waals surface area (Å²) in [6, 6.07) is 18.5. The smallest absolute Gasteiger partial charge is 0.258 e. The van der Waals surface area contributed by atoms with Gasteiger partial charge in [-0.3, -0.25) is 9.59 Å². The molecule has 0 saturated heterocycles. The molecule has 7 heteroatoms. The molecular formula is C27H26ClFN2O3. The molecular weight excluding hydrogens is 455 g/mol. The van der Waals surface area contributed by atoms with E-state index in [1.54, 1.807) is 28.0 Å². The fourth-order valence-electron chi connectivity index (χ4n) is 4.57. The molecule has 0 radical (unpaired) electrons. The van der Waals surface area contributed by atoms with Gasteiger partial charge in [-0.05, 0) is 74.4 Å². The first kappa shape index (κ1) is 23.8. The van der Waals surface area contributed by atoms with Crippen LogP contribution in [0.3, 0.4) is 0 Å². The molecule has 0 N–H and O–H groups in total. The standard InChI is InChI=1S/C27H26ClFN2O3/c1-4-30(20-12-10-19(28)11-13-20)27(33)22-15-17(2)31(24-8-6-5-7-21(22)24)26(32)18-9-14-25(34-3)23(29)16-18/h5-14,16-17,22H,4,15H2,1-3H3. The molecule has 34 heavy (non-hydrogen) atoms. The van der Waals surface area contributed by atoms with Crippen molar-refractivity contribution in [2.75, 3.05) is 23.5 Å². The number of para-hydroxylation sites is 1. The monoisotopic (exact) mass is 480 g/mol. The summed E-state index contributed by atoms with van der Waals surface area (Å²) in [5.41, 5.74) is 2.43. The molecule has 2 amide bonds. The van der Waals surface area contributed by atoms with E-state index in [-0.39, 0.29) is 29.2 Å². The topological polar surface area (TPSA) is 49.9 Å². The van der Waals surface area contributed by atoms with Crippen molar-refractivity contribution in [3.8, 4) is 5.75 Å². The zero-order chi connectivity index (χ0) is 24.4. The molecule has 0 aromatic heterocycles. The largest absolute Gasteiger partial charge is 0.494 e. The van der Waals surface area contributed by atoms with Gasteiger partial charge in [0.05, 0.1) is 13.0 Å². The highest BCUT2D eigenvalue weighted by Crippen LogP contribution is 2.41. The number of amides is 2. The molecule has 1 aliphatic heterocycles. The molecule has 4 rings (SSSR count). The van der Waals surface area contributed by atoms with Crippen molar-refractivity contribution in [1.82, 2.24) is 0 Å². The van der Waals surface area contributed by atoms with Gasteiger partial charge in [0.2, 0.25) is 5.91 Å². The van der Waals surface area contributed by atoms with Crippen LogP contribution in [-0.2, 0) is 4.79 Å². The molecule has 0 spiro atoms. The number of anilines is 2. The summed E-state index contributed by atoms with van der Waals surface area (Å²) in [5, 5.41) is 0.605. The highest BCUT2D eigenvalue weighted by molar-refractivity contribution is 6.30. The fraction of sp³-hybridized carbons (Fsp3) is 0.259. The molecule has 176 valence electrons. The number of nitrogens with zero attached hydrogens (tertiary/aromatic N) is 2. The molecule has 2 atom stereocenters. The Balaban J connectivity index is 1.69. The third-order valence-corrected chi connectivity index (χ3v) is 6.48. The van der Waals surface area contributed by atoms with Crippen LogP contribution in [0.15, 0.2) is 66.7 Å². The van der Waals surface area contributed by atoms with E-state index in [0.29, 0.717) is 23.7 Å². The van der Waals surface area contributed by atoms with Gasteiger partial charge in [-0.1, -0.05) is 29.8 Å². The third kappa shape index (κ3) is 4.38. The summed E-state index contributed by atoms with van der Waals surface area (Å²) < 4.78 is 19.3. The highest BCUT2D eigenvalue weighted by atomic mass is 35.5. The van der Waals surface area contributed by atoms with Gasteiger partial charge in [-0.25, -0.2) is 4.39 Å². The summed E-state index contributed by atoms with van der Waals surface area (Å²) in [4.78, 5) is 30.6. The van der Waals surface area contributed by atoms with Gasteiger partial charge in [0, 0.05) is 34.5 Å². The van der Waals surface area contributed by atoms with E-state index in [2.05, 4.69) is 0 Å². The lowest BCUT2D eigenvalue weighted by atomic mass is 9.84. The zero-order valence-corrected chi connectivity index (χ0v) is 20.1. The Hall–Kier alpha value is -3.38. The SMILES string of the molecule is CCN(C(=O)C1CC(C)N(C(=O)c2ccc(OC)c(F)c2)c2ccccc21)c1ccc(Cl)cc1. The number of carbonyl (C=O) groups is 2. The number of methoxy groups -OCH3 is 1. The minimum Gasteiger partial charge on any atom is -0.494 e. The van der Waals surface area contributed by atoms with Gasteiger partial charge >= 0.3 is 0 Å². The van der Waals surface area contributed by atoms with Crippen LogP contribution in [-0.4, -0.2) is 31.5 Å². The Morgan fingerprint density at radius 2 is 1.82 bits per heavy atom. The summed E-state index contributed by atoms with van der Waals surface area (Å²) in [6.07, 6.45) is 0.449. The Bertz CT molecular complexity index is 1210. The number of carbonyl (C=O) groups excluding carboxylic acids is 2. The van der Waals surface area contributed by atoms with Crippen molar-refractivity contribution in [3.05, 3.63) is 88.7 Å². The summed E-state index contributed by atoms with van der Waals surface area (Å²) in [6.45, 7) is 4.34. The van der Waals surface area contributed by atoms with Crippen LogP contribution in [0.2, 0.25) is 5.02 Å². The van der Waals surface area contributed by atoms with Crippen LogP contribution in [0.1, 0.15) is 42.1 Å². The Morgan fingerprint density at radius 3 is 2.47 bits per heavy atom. The molecule has 0 fully saturated rings. The van der Waals surface area contributed by atoms with Gasteiger partial charge in [0.25, 0.3) is 5.91 Å². The molecule has 3 aromatic rings. The zero-order valence-electron chi connectivity index (χ0n) is 19.3. The van der Waals surface area contributed by atoms with Crippen LogP contribution >= 0.6 is 11.6 Å². The molecule has 1 aliphatic rings. The van der Waals surface area contributed by atoms with Crippen molar-refractivity contribution in [1.29, 1.82) is 0 Å². The van der Waals surface area contributed by atoms with Crippen LogP contribution in [0.5, 0.6) is 5.75 Å².